The van der Waals surface area contributed by atoms with Crippen molar-refractivity contribution in [3.63, 3.8) is 0 Å². The molecule has 1 N–H and O–H groups in total. The van der Waals surface area contributed by atoms with E-state index < -0.39 is 0 Å². The van der Waals surface area contributed by atoms with E-state index in [9.17, 15) is 4.79 Å². The summed E-state index contributed by atoms with van der Waals surface area (Å²) in [5.74, 6) is 0.112. The second kappa shape index (κ2) is 4.53. The molecule has 1 aromatic carbocycles. The van der Waals surface area contributed by atoms with Gasteiger partial charge in [-0.05, 0) is 31.2 Å². The Labute approximate surface area is 102 Å². The highest BCUT2D eigenvalue weighted by molar-refractivity contribution is 9.10. The fourth-order valence-corrected chi connectivity index (χ4v) is 1.76. The topological polar surface area (TPSA) is 42.2 Å². The number of hydrogen-bond acceptors (Lipinski definition) is 2. The monoisotopic (exact) mass is 279 g/mol. The highest BCUT2D eigenvalue weighted by Gasteiger charge is 2.12. The largest absolute Gasteiger partial charge is 0.459 e. The lowest BCUT2D eigenvalue weighted by atomic mass is 10.2. The summed E-state index contributed by atoms with van der Waals surface area (Å²) in [5, 5.41) is 2.76. The third kappa shape index (κ3) is 2.33. The zero-order chi connectivity index (χ0) is 11.5. The maximum absolute atomic E-state index is 11.8. The van der Waals surface area contributed by atoms with Crippen LogP contribution in [-0.2, 0) is 0 Å². The fraction of sp³-hybridized carbons (Fsp3) is 0.0833. The highest BCUT2D eigenvalue weighted by Crippen LogP contribution is 2.17. The fourth-order valence-electron chi connectivity index (χ4n) is 1.36. The predicted molar refractivity (Wildman–Crippen MR) is 65.5 cm³/mol. The number of rotatable bonds is 2. The molecule has 0 spiro atoms. The molecule has 0 unspecified atom stereocenters. The Hall–Kier alpha value is -1.55. The summed E-state index contributed by atoms with van der Waals surface area (Å²) >= 11 is 3.34. The molecule has 0 bridgehead atoms. The minimum absolute atomic E-state index is 0.236. The molecule has 0 saturated carbocycles. The zero-order valence-electron chi connectivity index (χ0n) is 8.66. The van der Waals surface area contributed by atoms with Gasteiger partial charge in [-0.3, -0.25) is 4.79 Å². The van der Waals surface area contributed by atoms with Crippen molar-refractivity contribution in [2.75, 3.05) is 5.32 Å². The summed E-state index contributed by atoms with van der Waals surface area (Å²) in [6.45, 7) is 1.83. The molecule has 1 aromatic heterocycles. The van der Waals surface area contributed by atoms with Gasteiger partial charge in [0.25, 0.3) is 5.91 Å². The van der Waals surface area contributed by atoms with Crippen molar-refractivity contribution in [3.05, 3.63) is 52.4 Å². The molecule has 0 aliphatic carbocycles. The Kier molecular flexibility index (Phi) is 3.10. The molecule has 16 heavy (non-hydrogen) atoms. The van der Waals surface area contributed by atoms with Crippen molar-refractivity contribution in [1.82, 2.24) is 0 Å². The maximum atomic E-state index is 11.8. The normalized spacial score (nSPS) is 10.1. The van der Waals surface area contributed by atoms with E-state index in [2.05, 4.69) is 21.2 Å². The molecule has 1 amide bonds. The molecule has 2 aromatic rings. The van der Waals surface area contributed by atoms with Crippen LogP contribution >= 0.6 is 15.9 Å². The lowest BCUT2D eigenvalue weighted by molar-refractivity contribution is 0.0996. The van der Waals surface area contributed by atoms with Crippen molar-refractivity contribution in [2.24, 2.45) is 0 Å². The number of nitrogens with one attached hydrogen (secondary N) is 1. The van der Waals surface area contributed by atoms with E-state index in [1.165, 1.54) is 6.26 Å². The Morgan fingerprint density at radius 3 is 2.81 bits per heavy atom. The van der Waals surface area contributed by atoms with E-state index in [4.69, 9.17) is 4.42 Å². The van der Waals surface area contributed by atoms with E-state index in [0.717, 1.165) is 15.7 Å². The van der Waals surface area contributed by atoms with Gasteiger partial charge in [0.15, 0.2) is 5.76 Å². The Bertz CT molecular complexity index is 519. The van der Waals surface area contributed by atoms with Crippen LogP contribution in [0.2, 0.25) is 0 Å². The first-order valence-electron chi connectivity index (χ1n) is 4.78. The highest BCUT2D eigenvalue weighted by atomic mass is 79.9. The number of anilines is 1. The lowest BCUT2D eigenvalue weighted by Gasteiger charge is -2.03. The zero-order valence-corrected chi connectivity index (χ0v) is 10.2. The average Bonchev–Trinajstić information content (AvgIpc) is 2.64. The van der Waals surface area contributed by atoms with Gasteiger partial charge in [0.2, 0.25) is 0 Å². The van der Waals surface area contributed by atoms with E-state index in [0.29, 0.717) is 5.76 Å². The summed E-state index contributed by atoms with van der Waals surface area (Å²) in [5.41, 5.74) is 1.56. The summed E-state index contributed by atoms with van der Waals surface area (Å²) < 4.78 is 6.02. The van der Waals surface area contributed by atoms with E-state index in [1.807, 2.05) is 31.2 Å². The van der Waals surface area contributed by atoms with Crippen molar-refractivity contribution in [2.45, 2.75) is 6.92 Å². The van der Waals surface area contributed by atoms with Crippen LogP contribution in [0.5, 0.6) is 0 Å². The molecule has 4 heteroatoms. The average molecular weight is 280 g/mol. The molecular formula is C12H10BrNO2. The first-order chi connectivity index (χ1) is 7.66. The van der Waals surface area contributed by atoms with E-state index >= 15 is 0 Å². The number of aryl methyl sites for hydroxylation is 1. The number of benzene rings is 1. The number of halogens is 1. The number of carbonyl (C=O) groups is 1. The smallest absolute Gasteiger partial charge is 0.291 e. The summed E-state index contributed by atoms with van der Waals surface area (Å²) in [6.07, 6.45) is 1.51. The van der Waals surface area contributed by atoms with E-state index in [-0.39, 0.29) is 5.91 Å². The molecule has 82 valence electrons. The molecule has 0 saturated heterocycles. The van der Waals surface area contributed by atoms with Crippen LogP contribution in [0.4, 0.5) is 5.69 Å². The molecular weight excluding hydrogens is 270 g/mol. The summed E-state index contributed by atoms with van der Waals surface area (Å²) in [6, 6.07) is 9.16. The molecule has 3 nitrogen and oxygen atoms in total. The first kappa shape index (κ1) is 11.0. The van der Waals surface area contributed by atoms with Crippen LogP contribution in [0, 0.1) is 6.92 Å². The van der Waals surface area contributed by atoms with Crippen LogP contribution in [0.1, 0.15) is 16.1 Å². The molecule has 1 heterocycles. The summed E-state index contributed by atoms with van der Waals surface area (Å²) in [4.78, 5) is 11.8. The van der Waals surface area contributed by atoms with Gasteiger partial charge in [-0.15, -0.1) is 0 Å². The second-order valence-electron chi connectivity index (χ2n) is 3.40. The third-order valence-corrected chi connectivity index (χ3v) is 2.64. The standard InChI is InChI=1S/C12H10BrNO2/c1-8-5-6-16-11(8)12(15)14-10-4-2-3-9(13)7-10/h2-7H,1H3,(H,14,15). The minimum atomic E-state index is -0.236. The Morgan fingerprint density at radius 1 is 1.38 bits per heavy atom. The number of furan rings is 1. The third-order valence-electron chi connectivity index (χ3n) is 2.15. The van der Waals surface area contributed by atoms with Crippen LogP contribution in [0.25, 0.3) is 0 Å². The first-order valence-corrected chi connectivity index (χ1v) is 5.57. The van der Waals surface area contributed by atoms with Crippen LogP contribution < -0.4 is 5.32 Å². The van der Waals surface area contributed by atoms with Gasteiger partial charge in [0.1, 0.15) is 0 Å². The van der Waals surface area contributed by atoms with Crippen molar-refractivity contribution in [3.8, 4) is 0 Å². The van der Waals surface area contributed by atoms with Gasteiger partial charge in [-0.2, -0.15) is 0 Å². The number of hydrogen-bond donors (Lipinski definition) is 1. The Morgan fingerprint density at radius 2 is 2.19 bits per heavy atom. The number of carbonyl (C=O) groups excluding carboxylic acids is 1. The molecule has 0 atom stereocenters. The molecule has 0 radical (unpaired) electrons. The van der Waals surface area contributed by atoms with Crippen molar-refractivity contribution < 1.29 is 9.21 Å². The van der Waals surface area contributed by atoms with Crippen molar-refractivity contribution >= 4 is 27.5 Å². The molecule has 2 rings (SSSR count). The lowest BCUT2D eigenvalue weighted by Crippen LogP contribution is -2.11. The molecule has 0 aliphatic heterocycles. The van der Waals surface area contributed by atoms with Crippen LogP contribution in [-0.4, -0.2) is 5.91 Å². The van der Waals surface area contributed by atoms with Gasteiger partial charge in [-0.25, -0.2) is 0 Å². The van der Waals surface area contributed by atoms with Gasteiger partial charge in [0.05, 0.1) is 6.26 Å². The maximum Gasteiger partial charge on any atom is 0.291 e. The van der Waals surface area contributed by atoms with Crippen LogP contribution in [0.15, 0.2) is 45.5 Å². The summed E-state index contributed by atoms with van der Waals surface area (Å²) in [7, 11) is 0. The second-order valence-corrected chi connectivity index (χ2v) is 4.31. The van der Waals surface area contributed by atoms with Crippen molar-refractivity contribution in [1.29, 1.82) is 0 Å². The van der Waals surface area contributed by atoms with Crippen LogP contribution in [0.3, 0.4) is 0 Å². The minimum Gasteiger partial charge on any atom is -0.459 e. The molecule has 0 aliphatic rings. The SMILES string of the molecule is Cc1ccoc1C(=O)Nc1cccc(Br)c1. The van der Waals surface area contributed by atoms with Gasteiger partial charge in [0, 0.05) is 15.7 Å². The number of amides is 1. The predicted octanol–water partition coefficient (Wildman–Crippen LogP) is 3.60. The Balaban J connectivity index is 2.17. The quantitative estimate of drug-likeness (QED) is 0.913. The van der Waals surface area contributed by atoms with E-state index in [1.54, 1.807) is 6.07 Å². The van der Waals surface area contributed by atoms with Gasteiger partial charge < -0.3 is 9.73 Å². The van der Waals surface area contributed by atoms with Gasteiger partial charge >= 0.3 is 0 Å². The molecule has 0 fully saturated rings. The van der Waals surface area contributed by atoms with Gasteiger partial charge in [-0.1, -0.05) is 22.0 Å².